The number of benzene rings is 4. The number of rotatable bonds is 5. The van der Waals surface area contributed by atoms with E-state index in [2.05, 4.69) is 15.8 Å². The lowest BCUT2D eigenvalue weighted by atomic mass is 10.1. The van der Waals surface area contributed by atoms with Gasteiger partial charge in [0.15, 0.2) is 0 Å². The van der Waals surface area contributed by atoms with Gasteiger partial charge in [-0.05, 0) is 47.3 Å². The number of hydrazone groups is 1. The molecule has 174 valence electrons. The fourth-order valence-electron chi connectivity index (χ4n) is 3.21. The number of nitrogens with zero attached hydrogens (tertiary/aromatic N) is 1. The maximum atomic E-state index is 12.4. The molecule has 7 nitrogen and oxygen atoms in total. The molecule has 2 amide bonds. The van der Waals surface area contributed by atoms with Crippen molar-refractivity contribution in [3.63, 3.8) is 0 Å². The minimum atomic E-state index is -0.936. The predicted octanol–water partition coefficient (Wildman–Crippen LogP) is 5.45. The molecule has 4 rings (SSSR count). The summed E-state index contributed by atoms with van der Waals surface area (Å²) in [5, 5.41) is 8.71. The Labute approximate surface area is 210 Å². The summed E-state index contributed by atoms with van der Waals surface area (Å²) in [6.07, 6.45) is 1.32. The van der Waals surface area contributed by atoms with Gasteiger partial charge in [-0.25, -0.2) is 10.2 Å². The molecule has 9 heteroatoms. The number of hydrogen-bond donors (Lipinski definition) is 2. The van der Waals surface area contributed by atoms with Gasteiger partial charge in [-0.3, -0.25) is 9.59 Å². The Morgan fingerprint density at radius 2 is 1.60 bits per heavy atom. The van der Waals surface area contributed by atoms with Crippen LogP contribution in [0.25, 0.3) is 10.8 Å². The van der Waals surface area contributed by atoms with Crippen LogP contribution in [-0.4, -0.2) is 24.0 Å². The molecule has 2 N–H and O–H groups in total. The molecule has 0 aliphatic carbocycles. The molecule has 0 saturated heterocycles. The molecule has 4 aromatic rings. The maximum Gasteiger partial charge on any atom is 0.345 e. The van der Waals surface area contributed by atoms with Crippen LogP contribution in [0.3, 0.4) is 0 Å². The molecule has 0 aliphatic rings. The van der Waals surface area contributed by atoms with Crippen LogP contribution in [0, 0.1) is 0 Å². The van der Waals surface area contributed by atoms with Crippen LogP contribution >= 0.6 is 23.2 Å². The predicted molar refractivity (Wildman–Crippen MR) is 136 cm³/mol. The molecule has 0 aliphatic heterocycles. The van der Waals surface area contributed by atoms with Crippen molar-refractivity contribution < 1.29 is 19.1 Å². The molecule has 0 atom stereocenters. The molecular weight excluding hydrogens is 489 g/mol. The number of esters is 1. The number of nitrogens with one attached hydrogen (secondary N) is 2. The van der Waals surface area contributed by atoms with Crippen LogP contribution in [0.1, 0.15) is 15.9 Å². The third-order valence-electron chi connectivity index (χ3n) is 4.84. The molecule has 0 heterocycles. The average Bonchev–Trinajstić information content (AvgIpc) is 2.84. The van der Waals surface area contributed by atoms with E-state index in [0.29, 0.717) is 16.3 Å². The minimum Gasteiger partial charge on any atom is -0.423 e. The number of carbonyl (C=O) groups excluding carboxylic acids is 3. The minimum absolute atomic E-state index is 0.166. The second-order valence-electron chi connectivity index (χ2n) is 7.27. The first-order valence-corrected chi connectivity index (χ1v) is 11.1. The van der Waals surface area contributed by atoms with E-state index in [1.54, 1.807) is 30.3 Å². The molecule has 0 aromatic heterocycles. The fraction of sp³-hybridized carbons (Fsp3) is 0. The zero-order chi connectivity index (χ0) is 24.8. The average molecular weight is 506 g/mol. The van der Waals surface area contributed by atoms with Gasteiger partial charge in [0.1, 0.15) is 5.75 Å². The van der Waals surface area contributed by atoms with Gasteiger partial charge in [0.05, 0.1) is 16.8 Å². The van der Waals surface area contributed by atoms with Crippen molar-refractivity contribution in [1.29, 1.82) is 0 Å². The van der Waals surface area contributed by atoms with E-state index >= 15 is 0 Å². The van der Waals surface area contributed by atoms with E-state index in [9.17, 15) is 14.4 Å². The Kier molecular flexibility index (Phi) is 7.40. The maximum absolute atomic E-state index is 12.4. The molecule has 0 radical (unpaired) electrons. The standard InChI is InChI=1S/C26H17Cl2N3O4/c27-18-11-12-21(22(28)14-18)26(34)35-19-8-3-5-16(13-19)15-29-31-25(33)24(32)30-23-10-4-7-17-6-1-2-9-20(17)23/h1-15H,(H,30,32)(H,31,33). The van der Waals surface area contributed by atoms with Crippen molar-refractivity contribution in [3.05, 3.63) is 106 Å². The van der Waals surface area contributed by atoms with E-state index in [-0.39, 0.29) is 16.3 Å². The van der Waals surface area contributed by atoms with Crippen molar-refractivity contribution in [3.8, 4) is 5.75 Å². The van der Waals surface area contributed by atoms with Gasteiger partial charge in [0, 0.05) is 16.1 Å². The largest absolute Gasteiger partial charge is 0.423 e. The topological polar surface area (TPSA) is 96.9 Å². The lowest BCUT2D eigenvalue weighted by Gasteiger charge is -2.08. The summed E-state index contributed by atoms with van der Waals surface area (Å²) in [4.78, 5) is 36.8. The first-order valence-electron chi connectivity index (χ1n) is 10.3. The third kappa shape index (κ3) is 6.03. The Morgan fingerprint density at radius 3 is 2.43 bits per heavy atom. The first kappa shape index (κ1) is 23.9. The molecular formula is C26H17Cl2N3O4. The number of carbonyl (C=O) groups is 3. The van der Waals surface area contributed by atoms with Crippen LogP contribution in [0.15, 0.2) is 90.0 Å². The summed E-state index contributed by atoms with van der Waals surface area (Å²) in [5.41, 5.74) is 3.38. The zero-order valence-electron chi connectivity index (χ0n) is 18.0. The Hall–Kier alpha value is -4.20. The summed E-state index contributed by atoms with van der Waals surface area (Å²) < 4.78 is 5.35. The van der Waals surface area contributed by atoms with Crippen molar-refractivity contribution in [2.24, 2.45) is 5.10 Å². The van der Waals surface area contributed by atoms with E-state index in [1.807, 2.05) is 30.3 Å². The lowest BCUT2D eigenvalue weighted by Crippen LogP contribution is -2.32. The molecule has 0 fully saturated rings. The number of amides is 2. The summed E-state index contributed by atoms with van der Waals surface area (Å²) in [5.74, 6) is -2.21. The number of halogens is 2. The van der Waals surface area contributed by atoms with E-state index in [0.717, 1.165) is 10.8 Å². The molecule has 0 unspecified atom stereocenters. The fourth-order valence-corrected chi connectivity index (χ4v) is 3.69. The van der Waals surface area contributed by atoms with Gasteiger partial charge < -0.3 is 10.1 Å². The molecule has 4 aromatic carbocycles. The van der Waals surface area contributed by atoms with E-state index < -0.39 is 17.8 Å². The summed E-state index contributed by atoms with van der Waals surface area (Å²) in [7, 11) is 0. The Balaban J connectivity index is 1.36. The highest BCUT2D eigenvalue weighted by atomic mass is 35.5. The highest BCUT2D eigenvalue weighted by Crippen LogP contribution is 2.24. The van der Waals surface area contributed by atoms with Gasteiger partial charge in [-0.2, -0.15) is 5.10 Å². The van der Waals surface area contributed by atoms with Crippen LogP contribution in [0.4, 0.5) is 5.69 Å². The van der Waals surface area contributed by atoms with E-state index in [4.69, 9.17) is 27.9 Å². The molecule has 35 heavy (non-hydrogen) atoms. The number of fused-ring (bicyclic) bond motifs is 1. The Morgan fingerprint density at radius 1 is 0.829 bits per heavy atom. The van der Waals surface area contributed by atoms with Crippen molar-refractivity contribution in [1.82, 2.24) is 5.43 Å². The van der Waals surface area contributed by atoms with Crippen molar-refractivity contribution >= 4 is 63.7 Å². The summed E-state index contributed by atoms with van der Waals surface area (Å²) in [6, 6.07) is 23.8. The molecule has 0 saturated carbocycles. The monoisotopic (exact) mass is 505 g/mol. The van der Waals surface area contributed by atoms with Crippen LogP contribution in [0.5, 0.6) is 5.75 Å². The molecule has 0 spiro atoms. The normalized spacial score (nSPS) is 10.8. The summed E-state index contributed by atoms with van der Waals surface area (Å²) in [6.45, 7) is 0. The zero-order valence-corrected chi connectivity index (χ0v) is 19.5. The molecule has 0 bridgehead atoms. The second-order valence-corrected chi connectivity index (χ2v) is 8.11. The third-order valence-corrected chi connectivity index (χ3v) is 5.39. The highest BCUT2D eigenvalue weighted by Gasteiger charge is 2.15. The van der Waals surface area contributed by atoms with Gasteiger partial charge in [-0.15, -0.1) is 0 Å². The smallest absolute Gasteiger partial charge is 0.345 e. The number of hydrogen-bond acceptors (Lipinski definition) is 5. The van der Waals surface area contributed by atoms with Crippen molar-refractivity contribution in [2.45, 2.75) is 0 Å². The van der Waals surface area contributed by atoms with Gasteiger partial charge >= 0.3 is 17.8 Å². The number of ether oxygens (including phenoxy) is 1. The van der Waals surface area contributed by atoms with Gasteiger partial charge in [-0.1, -0.05) is 71.7 Å². The summed E-state index contributed by atoms with van der Waals surface area (Å²) >= 11 is 11.9. The van der Waals surface area contributed by atoms with Crippen LogP contribution in [0.2, 0.25) is 10.0 Å². The quantitative estimate of drug-likeness (QED) is 0.124. The Bertz CT molecular complexity index is 1460. The number of anilines is 1. The van der Waals surface area contributed by atoms with Gasteiger partial charge in [0.2, 0.25) is 0 Å². The van der Waals surface area contributed by atoms with Crippen molar-refractivity contribution in [2.75, 3.05) is 5.32 Å². The van der Waals surface area contributed by atoms with Crippen LogP contribution < -0.4 is 15.5 Å². The van der Waals surface area contributed by atoms with E-state index in [1.165, 1.54) is 30.5 Å². The first-order chi connectivity index (χ1) is 16.9. The lowest BCUT2D eigenvalue weighted by molar-refractivity contribution is -0.136. The van der Waals surface area contributed by atoms with Crippen LogP contribution in [-0.2, 0) is 9.59 Å². The SMILES string of the molecule is O=C(NN=Cc1cccc(OC(=O)c2ccc(Cl)cc2Cl)c1)C(=O)Nc1cccc2ccccc12. The second kappa shape index (κ2) is 10.8. The van der Waals surface area contributed by atoms with Gasteiger partial charge in [0.25, 0.3) is 0 Å². The highest BCUT2D eigenvalue weighted by molar-refractivity contribution is 6.40.